The van der Waals surface area contributed by atoms with Gasteiger partial charge in [-0.05, 0) is 79.3 Å². The minimum atomic E-state index is -3.83. The molecule has 50 heavy (non-hydrogen) atoms. The van der Waals surface area contributed by atoms with Crippen molar-refractivity contribution in [1.82, 2.24) is 25.1 Å². The van der Waals surface area contributed by atoms with Crippen LogP contribution in [0.1, 0.15) is 63.1 Å². The Bertz CT molecular complexity index is 2020. The predicted octanol–water partition coefficient (Wildman–Crippen LogP) is 6.10. The number of pyridine rings is 2. The monoisotopic (exact) mass is 690 g/mol. The molecule has 9 nitrogen and oxygen atoms in total. The first-order valence-electron chi connectivity index (χ1n) is 15.8. The van der Waals surface area contributed by atoms with E-state index < -0.39 is 60.3 Å². The lowest BCUT2D eigenvalue weighted by atomic mass is 9.95. The summed E-state index contributed by atoms with van der Waals surface area (Å²) in [5.74, 6) is -4.40. The standard InChI is InChI=1S/C36H31F5N6O3/c37-23-14-22(15-24(38)17-23)31(18-32-26(8-5-13-44-32)21-10-11-29(39)28(16-21)35(42)49)45-33(48)19-47-34(27-7-1-2-9-30(27)46-47)36(40,41)50-20-25-6-3-4-12-43-25/h3-6,8,10-17,31H,1-2,7,9,18-20H2,(H2,42,49)(H,45,48). The lowest BCUT2D eigenvalue weighted by molar-refractivity contribution is -0.261. The van der Waals surface area contributed by atoms with Crippen LogP contribution in [0.4, 0.5) is 22.0 Å². The number of rotatable bonds is 12. The van der Waals surface area contributed by atoms with Crippen LogP contribution in [0.25, 0.3) is 11.1 Å². The number of nitrogens with one attached hydrogen (secondary N) is 1. The maximum atomic E-state index is 15.8. The highest BCUT2D eigenvalue weighted by Gasteiger charge is 2.42. The number of ether oxygens (including phenoxy) is 1. The largest absolute Gasteiger partial charge is 0.400 e. The molecule has 2 amide bonds. The Kier molecular flexibility index (Phi) is 10.00. The third-order valence-electron chi connectivity index (χ3n) is 8.37. The van der Waals surface area contributed by atoms with Crippen molar-refractivity contribution in [2.24, 2.45) is 5.73 Å². The van der Waals surface area contributed by atoms with Crippen LogP contribution in [0.2, 0.25) is 0 Å². The van der Waals surface area contributed by atoms with Gasteiger partial charge in [0.1, 0.15) is 29.7 Å². The van der Waals surface area contributed by atoms with Crippen molar-refractivity contribution in [3.8, 4) is 11.1 Å². The van der Waals surface area contributed by atoms with E-state index in [9.17, 15) is 22.8 Å². The van der Waals surface area contributed by atoms with E-state index >= 15 is 8.78 Å². The van der Waals surface area contributed by atoms with E-state index in [0.29, 0.717) is 53.4 Å². The lowest BCUT2D eigenvalue weighted by Gasteiger charge is -2.23. The molecule has 258 valence electrons. The molecule has 1 aliphatic rings. The number of carbonyl (C=O) groups excluding carboxylic acids is 2. The van der Waals surface area contributed by atoms with Gasteiger partial charge < -0.3 is 15.8 Å². The highest BCUT2D eigenvalue weighted by atomic mass is 19.3. The van der Waals surface area contributed by atoms with Gasteiger partial charge in [-0.2, -0.15) is 13.9 Å². The fourth-order valence-electron chi connectivity index (χ4n) is 6.11. The van der Waals surface area contributed by atoms with E-state index in [4.69, 9.17) is 10.5 Å². The van der Waals surface area contributed by atoms with Crippen LogP contribution in [0.5, 0.6) is 0 Å². The summed E-state index contributed by atoms with van der Waals surface area (Å²) in [6.45, 7) is -1.15. The molecular formula is C36H31F5N6O3. The summed E-state index contributed by atoms with van der Waals surface area (Å²) in [6, 6.07) is 13.4. The molecule has 0 saturated heterocycles. The minimum Gasteiger partial charge on any atom is -0.366 e. The number of aromatic nitrogens is 4. The second kappa shape index (κ2) is 14.5. The first-order chi connectivity index (χ1) is 24.0. The number of primary amides is 1. The van der Waals surface area contributed by atoms with Gasteiger partial charge in [0.25, 0.3) is 5.91 Å². The van der Waals surface area contributed by atoms with E-state index in [1.165, 1.54) is 24.5 Å². The minimum absolute atomic E-state index is 0.0355. The van der Waals surface area contributed by atoms with Crippen molar-refractivity contribution in [1.29, 1.82) is 0 Å². The molecule has 1 atom stereocenters. The van der Waals surface area contributed by atoms with Crippen LogP contribution in [0, 0.1) is 17.5 Å². The van der Waals surface area contributed by atoms with Crippen molar-refractivity contribution in [2.75, 3.05) is 0 Å². The van der Waals surface area contributed by atoms with Gasteiger partial charge in [0.15, 0.2) is 0 Å². The molecule has 3 N–H and O–H groups in total. The molecular weight excluding hydrogens is 659 g/mol. The van der Waals surface area contributed by atoms with Crippen molar-refractivity contribution in [3.05, 3.63) is 136 Å². The molecule has 3 aromatic heterocycles. The highest BCUT2D eigenvalue weighted by molar-refractivity contribution is 5.94. The van der Waals surface area contributed by atoms with Gasteiger partial charge in [-0.1, -0.05) is 18.2 Å². The van der Waals surface area contributed by atoms with Crippen LogP contribution < -0.4 is 11.1 Å². The van der Waals surface area contributed by atoms with Gasteiger partial charge in [0.2, 0.25) is 5.91 Å². The van der Waals surface area contributed by atoms with Crippen molar-refractivity contribution >= 4 is 11.8 Å². The van der Waals surface area contributed by atoms with Crippen LogP contribution in [0.3, 0.4) is 0 Å². The predicted molar refractivity (Wildman–Crippen MR) is 171 cm³/mol. The topological polar surface area (TPSA) is 125 Å². The van der Waals surface area contributed by atoms with E-state index in [1.807, 2.05) is 0 Å². The third kappa shape index (κ3) is 7.70. The Balaban J connectivity index is 1.31. The maximum Gasteiger partial charge on any atom is 0.400 e. The molecule has 5 aromatic rings. The summed E-state index contributed by atoms with van der Waals surface area (Å²) in [6.07, 6.45) is 1.11. The van der Waals surface area contributed by atoms with Gasteiger partial charge in [-0.15, -0.1) is 0 Å². The van der Waals surface area contributed by atoms with Gasteiger partial charge >= 0.3 is 6.11 Å². The second-order valence-electron chi connectivity index (χ2n) is 11.8. The number of halogens is 5. The van der Waals surface area contributed by atoms with E-state index in [2.05, 4.69) is 20.4 Å². The number of nitrogens with two attached hydrogens (primary N) is 1. The average molecular weight is 691 g/mol. The Labute approximate surface area is 283 Å². The van der Waals surface area contributed by atoms with Gasteiger partial charge in [0.05, 0.1) is 35.3 Å². The molecule has 0 aliphatic heterocycles. The number of amides is 2. The average Bonchev–Trinajstić information content (AvgIpc) is 3.46. The summed E-state index contributed by atoms with van der Waals surface area (Å²) in [5.41, 5.74) is 6.63. The molecule has 3 heterocycles. The highest BCUT2D eigenvalue weighted by Crippen LogP contribution is 2.37. The molecule has 1 aliphatic carbocycles. The fraction of sp³-hybridized carbons (Fsp3) is 0.250. The fourth-order valence-corrected chi connectivity index (χ4v) is 6.11. The number of fused-ring (bicyclic) bond motifs is 1. The smallest absolute Gasteiger partial charge is 0.366 e. The SMILES string of the molecule is NC(=O)c1cc(-c2cccnc2CC(NC(=O)Cn2nc3c(c2C(F)(F)OCc2ccccn2)CCCC3)c2cc(F)cc(F)c2)ccc1F. The summed E-state index contributed by atoms with van der Waals surface area (Å²) >= 11 is 0. The number of hydrogen-bond donors (Lipinski definition) is 2. The first kappa shape index (κ1) is 34.4. The number of nitrogens with zero attached hydrogens (tertiary/aromatic N) is 4. The van der Waals surface area contributed by atoms with E-state index in [0.717, 1.165) is 29.3 Å². The lowest BCUT2D eigenvalue weighted by Crippen LogP contribution is -2.35. The molecule has 0 spiro atoms. The number of alkyl halides is 2. The van der Waals surface area contributed by atoms with Gasteiger partial charge in [-0.3, -0.25) is 24.2 Å². The van der Waals surface area contributed by atoms with Crippen LogP contribution in [-0.4, -0.2) is 31.6 Å². The molecule has 6 rings (SSSR count). The van der Waals surface area contributed by atoms with Crippen molar-refractivity contribution in [2.45, 2.75) is 57.4 Å². The molecule has 0 saturated carbocycles. The molecule has 1 unspecified atom stereocenters. The van der Waals surface area contributed by atoms with Crippen molar-refractivity contribution < 1.29 is 36.3 Å². The number of benzene rings is 2. The molecule has 0 radical (unpaired) electrons. The number of aryl methyl sites for hydroxylation is 1. The first-order valence-corrected chi connectivity index (χ1v) is 15.8. The maximum absolute atomic E-state index is 15.8. The summed E-state index contributed by atoms with van der Waals surface area (Å²) in [7, 11) is 0. The number of carbonyl (C=O) groups is 2. The zero-order valence-electron chi connectivity index (χ0n) is 26.5. The molecule has 2 aromatic carbocycles. The Morgan fingerprint density at radius 2 is 1.70 bits per heavy atom. The van der Waals surface area contributed by atoms with Crippen molar-refractivity contribution in [3.63, 3.8) is 0 Å². The third-order valence-corrected chi connectivity index (χ3v) is 8.37. The quantitative estimate of drug-likeness (QED) is 0.153. The Morgan fingerprint density at radius 3 is 2.44 bits per heavy atom. The summed E-state index contributed by atoms with van der Waals surface area (Å²) in [4.78, 5) is 33.9. The van der Waals surface area contributed by atoms with E-state index in [-0.39, 0.29) is 23.2 Å². The zero-order chi connectivity index (χ0) is 35.4. The van der Waals surface area contributed by atoms with Gasteiger partial charge in [0, 0.05) is 36.0 Å². The zero-order valence-corrected chi connectivity index (χ0v) is 26.5. The molecule has 0 fully saturated rings. The molecule has 14 heteroatoms. The van der Waals surface area contributed by atoms with Crippen LogP contribution in [0.15, 0.2) is 79.1 Å². The van der Waals surface area contributed by atoms with Crippen LogP contribution in [-0.2, 0) is 48.1 Å². The Hall–Kier alpha value is -5.50. The number of hydrogen-bond acceptors (Lipinski definition) is 6. The van der Waals surface area contributed by atoms with E-state index in [1.54, 1.807) is 30.3 Å². The normalized spacial score (nSPS) is 13.5. The summed E-state index contributed by atoms with van der Waals surface area (Å²) in [5, 5.41) is 7.08. The summed E-state index contributed by atoms with van der Waals surface area (Å²) < 4.78 is 80.8. The Morgan fingerprint density at radius 1 is 0.940 bits per heavy atom. The van der Waals surface area contributed by atoms with Gasteiger partial charge in [-0.25, -0.2) is 13.2 Å². The van der Waals surface area contributed by atoms with Crippen LogP contribution >= 0.6 is 0 Å². The molecule has 0 bridgehead atoms. The second-order valence-corrected chi connectivity index (χ2v) is 11.8.